The van der Waals surface area contributed by atoms with Gasteiger partial charge in [0, 0.05) is 23.4 Å². The molecule has 0 bridgehead atoms. The van der Waals surface area contributed by atoms with Crippen LogP contribution in [0.5, 0.6) is 0 Å². The highest BCUT2D eigenvalue weighted by atomic mass is 32.2. The number of ether oxygens (including phenoxy) is 1. The second-order valence-corrected chi connectivity index (χ2v) is 7.46. The average molecular weight is 276 g/mol. The van der Waals surface area contributed by atoms with E-state index in [0.29, 0.717) is 5.25 Å². The van der Waals surface area contributed by atoms with Gasteiger partial charge in [0.1, 0.15) is 0 Å². The fraction of sp³-hybridized carbons (Fsp3) is 0.917. The zero-order valence-corrected chi connectivity index (χ0v) is 11.8. The minimum atomic E-state index is -0.685. The van der Waals surface area contributed by atoms with Crippen molar-refractivity contribution in [2.24, 2.45) is 5.92 Å². The molecule has 3 unspecified atom stereocenters. The van der Waals surface area contributed by atoms with Crippen LogP contribution in [-0.2, 0) is 9.53 Å². The third kappa shape index (κ3) is 3.55. The second-order valence-electron chi connectivity index (χ2n) is 5.02. The van der Waals surface area contributed by atoms with Gasteiger partial charge >= 0.3 is 5.97 Å². The summed E-state index contributed by atoms with van der Waals surface area (Å²) in [7, 11) is 0. The number of carboxylic acids is 1. The molecule has 1 spiro atoms. The van der Waals surface area contributed by atoms with Gasteiger partial charge < -0.3 is 9.84 Å². The molecule has 3 nitrogen and oxygen atoms in total. The lowest BCUT2D eigenvalue weighted by Crippen LogP contribution is -2.41. The van der Waals surface area contributed by atoms with E-state index in [1.54, 1.807) is 6.92 Å². The van der Waals surface area contributed by atoms with Crippen LogP contribution >= 0.6 is 23.5 Å². The Kier molecular flexibility index (Phi) is 4.66. The quantitative estimate of drug-likeness (QED) is 0.855. The third-order valence-electron chi connectivity index (χ3n) is 3.52. The van der Waals surface area contributed by atoms with Gasteiger partial charge in [-0.15, -0.1) is 0 Å². The minimum Gasteiger partial charge on any atom is -0.481 e. The van der Waals surface area contributed by atoms with Gasteiger partial charge in [-0.3, -0.25) is 4.79 Å². The van der Waals surface area contributed by atoms with E-state index in [2.05, 4.69) is 0 Å². The molecule has 5 heteroatoms. The molecule has 0 radical (unpaired) electrons. The lowest BCUT2D eigenvalue weighted by molar-refractivity contribution is -0.140. The summed E-state index contributed by atoms with van der Waals surface area (Å²) in [6.45, 7) is 2.63. The van der Waals surface area contributed by atoms with Crippen LogP contribution < -0.4 is 0 Å². The van der Waals surface area contributed by atoms with Crippen molar-refractivity contribution in [1.29, 1.82) is 0 Å². The smallest absolute Gasteiger partial charge is 0.307 e. The molecular formula is C12H20O3S2. The Hall–Kier alpha value is 0.130. The molecule has 2 rings (SSSR count). The molecule has 0 saturated carbocycles. The summed E-state index contributed by atoms with van der Waals surface area (Å²) in [5, 5.41) is 9.46. The van der Waals surface area contributed by atoms with Crippen LogP contribution in [0.3, 0.4) is 0 Å². The van der Waals surface area contributed by atoms with Crippen molar-refractivity contribution in [2.75, 3.05) is 23.9 Å². The van der Waals surface area contributed by atoms with Crippen LogP contribution in [0.15, 0.2) is 0 Å². The van der Waals surface area contributed by atoms with E-state index >= 15 is 0 Å². The van der Waals surface area contributed by atoms with Crippen LogP contribution in [0.4, 0.5) is 0 Å². The van der Waals surface area contributed by atoms with Gasteiger partial charge in [-0.25, -0.2) is 0 Å². The van der Waals surface area contributed by atoms with Crippen molar-refractivity contribution in [1.82, 2.24) is 0 Å². The molecule has 17 heavy (non-hydrogen) atoms. The zero-order chi connectivity index (χ0) is 12.3. The summed E-state index contributed by atoms with van der Waals surface area (Å²) in [6.07, 6.45) is 3.35. The van der Waals surface area contributed by atoms with Gasteiger partial charge in [-0.1, -0.05) is 6.92 Å². The summed E-state index contributed by atoms with van der Waals surface area (Å²) in [5.74, 6) is 2.14. The molecule has 0 aromatic heterocycles. The topological polar surface area (TPSA) is 46.5 Å². The molecule has 98 valence electrons. The Morgan fingerprint density at radius 2 is 2.53 bits per heavy atom. The molecule has 3 atom stereocenters. The lowest BCUT2D eigenvalue weighted by atomic mass is 9.93. The summed E-state index contributed by atoms with van der Waals surface area (Å²) in [5.41, 5.74) is 0.118. The Labute approximate surface area is 111 Å². The Morgan fingerprint density at radius 1 is 1.71 bits per heavy atom. The van der Waals surface area contributed by atoms with Gasteiger partial charge in [0.15, 0.2) is 0 Å². The molecule has 2 aliphatic heterocycles. The van der Waals surface area contributed by atoms with Crippen molar-refractivity contribution in [3.8, 4) is 0 Å². The maximum absolute atomic E-state index is 10.8. The van der Waals surface area contributed by atoms with E-state index in [4.69, 9.17) is 9.84 Å². The fourth-order valence-corrected chi connectivity index (χ4v) is 5.11. The highest BCUT2D eigenvalue weighted by Crippen LogP contribution is 2.41. The van der Waals surface area contributed by atoms with E-state index in [1.807, 2.05) is 23.5 Å². The monoisotopic (exact) mass is 276 g/mol. The number of thioether (sulfide) groups is 2. The molecule has 2 saturated heterocycles. The third-order valence-corrected chi connectivity index (χ3v) is 6.31. The molecular weight excluding hydrogens is 256 g/mol. The van der Waals surface area contributed by atoms with Crippen molar-refractivity contribution >= 4 is 29.5 Å². The fourth-order valence-electron chi connectivity index (χ4n) is 2.34. The molecule has 2 heterocycles. The predicted octanol–water partition coefficient (Wildman–Crippen LogP) is 2.50. The first-order valence-corrected chi connectivity index (χ1v) is 8.38. The predicted molar refractivity (Wildman–Crippen MR) is 72.9 cm³/mol. The van der Waals surface area contributed by atoms with E-state index in [-0.39, 0.29) is 11.5 Å². The standard InChI is InChI=1S/C12H20O3S2/c1-9(11(13)14)7-17-10-2-4-15-12(6-10)3-5-16-8-12/h9-10H,2-8H2,1H3,(H,13,14). The first-order valence-electron chi connectivity index (χ1n) is 6.17. The van der Waals surface area contributed by atoms with Crippen LogP contribution in [-0.4, -0.2) is 45.8 Å². The number of hydrogen-bond donors (Lipinski definition) is 1. The maximum Gasteiger partial charge on any atom is 0.307 e. The van der Waals surface area contributed by atoms with Gasteiger partial charge in [0.2, 0.25) is 0 Å². The molecule has 2 aliphatic rings. The highest BCUT2D eigenvalue weighted by molar-refractivity contribution is 8.00. The van der Waals surface area contributed by atoms with Gasteiger partial charge in [-0.2, -0.15) is 23.5 Å². The SMILES string of the molecule is CC(CSC1CCOC2(CCSC2)C1)C(=O)O. The summed E-state index contributed by atoms with van der Waals surface area (Å²) in [4.78, 5) is 10.8. The second kappa shape index (κ2) is 5.85. The molecule has 2 fully saturated rings. The lowest BCUT2D eigenvalue weighted by Gasteiger charge is -2.37. The Morgan fingerprint density at radius 3 is 3.18 bits per heavy atom. The average Bonchev–Trinajstić information content (AvgIpc) is 2.74. The number of hydrogen-bond acceptors (Lipinski definition) is 4. The van der Waals surface area contributed by atoms with Crippen LogP contribution in [0, 0.1) is 5.92 Å². The van der Waals surface area contributed by atoms with Crippen molar-refractivity contribution in [3.63, 3.8) is 0 Å². The maximum atomic E-state index is 10.8. The van der Waals surface area contributed by atoms with E-state index in [9.17, 15) is 4.79 Å². The Balaban J connectivity index is 1.79. The van der Waals surface area contributed by atoms with Crippen LogP contribution in [0.1, 0.15) is 26.2 Å². The summed E-state index contributed by atoms with van der Waals surface area (Å²) < 4.78 is 5.96. The summed E-state index contributed by atoms with van der Waals surface area (Å²) in [6, 6.07) is 0. The van der Waals surface area contributed by atoms with Crippen molar-refractivity contribution < 1.29 is 14.6 Å². The first kappa shape index (κ1) is 13.6. The molecule has 1 N–H and O–H groups in total. The largest absolute Gasteiger partial charge is 0.481 e. The van der Waals surface area contributed by atoms with Crippen LogP contribution in [0.25, 0.3) is 0 Å². The van der Waals surface area contributed by atoms with E-state index < -0.39 is 5.97 Å². The first-order chi connectivity index (χ1) is 8.11. The van der Waals surface area contributed by atoms with Crippen LogP contribution in [0.2, 0.25) is 0 Å². The van der Waals surface area contributed by atoms with Gasteiger partial charge in [-0.05, 0) is 25.0 Å². The minimum absolute atomic E-state index is 0.118. The normalized spacial score (nSPS) is 35.0. The van der Waals surface area contributed by atoms with Crippen molar-refractivity contribution in [3.05, 3.63) is 0 Å². The number of carboxylic acid groups (broad SMARTS) is 1. The Bertz CT molecular complexity index is 277. The summed E-state index contributed by atoms with van der Waals surface area (Å²) >= 11 is 3.81. The van der Waals surface area contributed by atoms with Gasteiger partial charge in [0.25, 0.3) is 0 Å². The van der Waals surface area contributed by atoms with E-state index in [1.165, 1.54) is 12.2 Å². The van der Waals surface area contributed by atoms with E-state index in [0.717, 1.165) is 31.0 Å². The molecule has 0 aromatic rings. The number of rotatable bonds is 4. The highest BCUT2D eigenvalue weighted by Gasteiger charge is 2.40. The molecule has 0 aromatic carbocycles. The molecule has 0 amide bonds. The number of carbonyl (C=O) groups is 1. The number of aliphatic carboxylic acids is 1. The van der Waals surface area contributed by atoms with Gasteiger partial charge in [0.05, 0.1) is 11.5 Å². The zero-order valence-electron chi connectivity index (χ0n) is 10.2. The molecule has 0 aliphatic carbocycles. The van der Waals surface area contributed by atoms with Crippen molar-refractivity contribution in [2.45, 2.75) is 37.0 Å².